The highest BCUT2D eigenvalue weighted by Gasteiger charge is 2.40. The zero-order valence-corrected chi connectivity index (χ0v) is 51.4. The van der Waals surface area contributed by atoms with Crippen molar-refractivity contribution < 1.29 is 57.8 Å². The van der Waals surface area contributed by atoms with Gasteiger partial charge in [-0.3, -0.25) is 57.7 Å². The van der Waals surface area contributed by atoms with Gasteiger partial charge < -0.3 is 95.0 Å². The molecule has 0 unspecified atom stereocenters. The molecule has 0 radical (unpaired) electrons. The van der Waals surface area contributed by atoms with Crippen LogP contribution in [0.4, 0.5) is 0 Å². The van der Waals surface area contributed by atoms with E-state index in [4.69, 9.17) is 17.2 Å². The highest BCUT2D eigenvalue weighted by atomic mass is 16.3. The Bertz CT molecular complexity index is 3650. The van der Waals surface area contributed by atoms with Crippen LogP contribution in [0.15, 0.2) is 91.0 Å². The number of benzene rings is 2. The number of para-hydroxylation sites is 2. The number of nitrogens with two attached hydrogens (primary N) is 3. The van der Waals surface area contributed by atoms with E-state index in [1.165, 1.54) is 29.9 Å². The van der Waals surface area contributed by atoms with Crippen LogP contribution < -0.4 is 65.1 Å². The number of rotatable bonds is 33. The lowest BCUT2D eigenvalue weighted by atomic mass is 9.99. The molecule has 32 heteroatoms. The van der Waals surface area contributed by atoms with Crippen LogP contribution in [-0.2, 0) is 78.4 Å². The largest absolute Gasteiger partial charge is 0.394 e. The number of aliphatic hydroxyl groups excluding tert-OH is 1. The third kappa shape index (κ3) is 19.0. The van der Waals surface area contributed by atoms with Crippen LogP contribution in [-0.4, -0.2) is 191 Å². The lowest BCUT2D eigenvalue weighted by Crippen LogP contribution is -2.61. The van der Waals surface area contributed by atoms with E-state index in [-0.39, 0.29) is 95.1 Å². The number of amides is 11. The SMILES string of the molecule is CC(C)C[C@H](NC(=O)[C@@H](Cc1c[nH]c2ccccc12)NC(=O)[C@H](Cc1cnc[nH]1)NC(=O)[C@H](CO)NC(=O)[C@H](Cc1c[nH]c2ccccc12)NC(=O)[C@H](Cc1cnc[nH]1)NC(=O)[C@@H]1CCC(=O)N1)C(=O)N[C@@H](CCCN=C(N)N)C(=O)N1CCC[C@H]1C(=O)NCC(N)=O. The normalized spacial score (nSPS) is 16.8. The van der Waals surface area contributed by atoms with E-state index in [2.05, 4.69) is 82.7 Å². The molecule has 6 heterocycles. The average molecular weight is 1290 g/mol. The standard InChI is InChI=1S/C61H80N20O12/c1-32(2)19-43(53(86)74-42(13-7-17-67-61(63)64)60(93)81-18-8-14-49(81)59(92)70-28-50(62)83)75-54(87)44(20-33-24-68-39-11-5-3-9-37(33)39)76-57(90)47(23-36-27-66-31-72-36)79-58(91)48(29-82)80-55(88)45(21-34-25-69-40-12-6-4-10-38(34)40)77-56(89)46(22-35-26-65-30-71-35)78-52(85)41-15-16-51(84)73-41/h3-6,9-12,24-27,30-32,41-49,68-69,82H,7-8,13-23,28-29H2,1-2H3,(H2,62,83)(H,65,71)(H,66,72)(H,70,92)(H,73,84)(H,74,86)(H,75,87)(H,76,90)(H,77,89)(H,78,85)(H,79,91)(H,80,88)(H4,63,64,67)/t41-,42-,43-,44+,45-,46-,47-,48-,49-/m0/s1. The minimum Gasteiger partial charge on any atom is -0.394 e. The van der Waals surface area contributed by atoms with Gasteiger partial charge in [0.1, 0.15) is 54.4 Å². The number of guanidine groups is 1. The Morgan fingerprint density at radius 3 is 1.61 bits per heavy atom. The van der Waals surface area contributed by atoms with Crippen LogP contribution in [0.1, 0.15) is 81.3 Å². The van der Waals surface area contributed by atoms with Crippen molar-refractivity contribution in [2.75, 3.05) is 26.2 Å². The third-order valence-electron chi connectivity index (χ3n) is 16.0. The molecule has 2 saturated heterocycles. The summed E-state index contributed by atoms with van der Waals surface area (Å²) in [6.45, 7) is 2.38. The molecule has 0 spiro atoms. The Morgan fingerprint density at radius 1 is 0.624 bits per heavy atom. The maximum atomic E-state index is 15.0. The summed E-state index contributed by atoms with van der Waals surface area (Å²) in [5.74, 6) is -8.79. The van der Waals surface area contributed by atoms with Crippen LogP contribution >= 0.6 is 0 Å². The number of nitrogens with zero attached hydrogens (tertiary/aromatic N) is 4. The summed E-state index contributed by atoms with van der Waals surface area (Å²) in [6.07, 6.45) is 9.38. The number of aliphatic hydroxyl groups is 1. The Morgan fingerprint density at radius 2 is 1.12 bits per heavy atom. The number of primary amides is 1. The van der Waals surface area contributed by atoms with Crippen molar-refractivity contribution in [3.63, 3.8) is 0 Å². The quantitative estimate of drug-likeness (QED) is 0.0109. The number of aliphatic imine (C=N–C) groups is 1. The number of fused-ring (bicyclic) bond motifs is 2. The first kappa shape index (κ1) is 68.3. The third-order valence-corrected chi connectivity index (χ3v) is 16.0. The number of carbonyl (C=O) groups is 11. The number of imidazole rings is 2. The van der Waals surface area contributed by atoms with E-state index in [0.717, 1.165) is 0 Å². The van der Waals surface area contributed by atoms with Gasteiger partial charge in [0.05, 0.1) is 25.8 Å². The van der Waals surface area contributed by atoms with Gasteiger partial charge in [-0.1, -0.05) is 50.2 Å². The van der Waals surface area contributed by atoms with E-state index in [0.29, 0.717) is 50.7 Å². The number of aromatic nitrogens is 6. The fourth-order valence-corrected chi connectivity index (χ4v) is 11.3. The Balaban J connectivity index is 1.03. The number of H-pyrrole nitrogens is 4. The summed E-state index contributed by atoms with van der Waals surface area (Å²) in [5.41, 5.74) is 19.8. The number of nitrogens with one attached hydrogen (secondary N) is 13. The molecule has 0 aliphatic carbocycles. The summed E-state index contributed by atoms with van der Waals surface area (Å²) >= 11 is 0. The summed E-state index contributed by atoms with van der Waals surface area (Å²) in [7, 11) is 0. The highest BCUT2D eigenvalue weighted by molar-refractivity contribution is 6.00. The second-order valence-corrected chi connectivity index (χ2v) is 23.4. The van der Waals surface area contributed by atoms with Crippen molar-refractivity contribution in [2.24, 2.45) is 28.1 Å². The number of likely N-dealkylation sites (tertiary alicyclic amines) is 1. The molecule has 2 fully saturated rings. The Labute approximate surface area is 533 Å². The van der Waals surface area contributed by atoms with Crippen LogP contribution in [0.5, 0.6) is 0 Å². The zero-order chi connectivity index (χ0) is 66.7. The zero-order valence-electron chi connectivity index (χ0n) is 51.4. The summed E-state index contributed by atoms with van der Waals surface area (Å²) in [6, 6.07) is 2.30. The molecule has 32 nitrogen and oxygen atoms in total. The van der Waals surface area contributed by atoms with E-state index in [1.807, 2.05) is 26.0 Å². The molecule has 2 aromatic carbocycles. The minimum absolute atomic E-state index is 0.000181. The molecule has 11 amide bonds. The molecule has 9 atom stereocenters. The minimum atomic E-state index is -1.78. The molecule has 0 saturated carbocycles. The maximum absolute atomic E-state index is 15.0. The van der Waals surface area contributed by atoms with Gasteiger partial charge in [-0.05, 0) is 67.7 Å². The van der Waals surface area contributed by atoms with Gasteiger partial charge in [0, 0.05) is 103 Å². The fourth-order valence-electron chi connectivity index (χ4n) is 11.3. The number of carbonyl (C=O) groups excluding carboxylic acids is 11. The molecule has 93 heavy (non-hydrogen) atoms. The molecule has 2 aliphatic rings. The van der Waals surface area contributed by atoms with Gasteiger partial charge in [0.15, 0.2) is 5.96 Å². The highest BCUT2D eigenvalue weighted by Crippen LogP contribution is 2.23. The maximum Gasteiger partial charge on any atom is 0.245 e. The summed E-state index contributed by atoms with van der Waals surface area (Å²) < 4.78 is 0. The molecular weight excluding hydrogens is 1200 g/mol. The average Bonchev–Trinajstić information content (AvgIpc) is 1.85. The van der Waals surface area contributed by atoms with E-state index in [1.54, 1.807) is 48.8 Å². The topological polar surface area (TPSA) is 499 Å². The van der Waals surface area contributed by atoms with Crippen LogP contribution in [0.3, 0.4) is 0 Å². The lowest BCUT2D eigenvalue weighted by Gasteiger charge is -2.30. The Hall–Kier alpha value is -10.7. The van der Waals surface area contributed by atoms with Crippen LogP contribution in [0, 0.1) is 5.92 Å². The predicted octanol–water partition coefficient (Wildman–Crippen LogP) is -3.28. The smallest absolute Gasteiger partial charge is 0.245 e. The van der Waals surface area contributed by atoms with Gasteiger partial charge >= 0.3 is 0 Å². The van der Waals surface area contributed by atoms with E-state index in [9.17, 15) is 53.1 Å². The number of aromatic amines is 4. The first-order chi connectivity index (χ1) is 44.6. The van der Waals surface area contributed by atoms with Gasteiger partial charge in [0.25, 0.3) is 0 Å². The second-order valence-electron chi connectivity index (χ2n) is 23.4. The summed E-state index contributed by atoms with van der Waals surface area (Å²) in [4.78, 5) is 178. The molecule has 6 aromatic rings. The van der Waals surface area contributed by atoms with Crippen molar-refractivity contribution in [2.45, 2.75) is 139 Å². The lowest BCUT2D eigenvalue weighted by molar-refractivity contribution is -0.142. The first-order valence-corrected chi connectivity index (χ1v) is 30.6. The monoisotopic (exact) mass is 1280 g/mol. The Kier molecular flexibility index (Phi) is 23.8. The van der Waals surface area contributed by atoms with Crippen LogP contribution in [0.25, 0.3) is 21.8 Å². The molecule has 2 aliphatic heterocycles. The molecular formula is C61H80N20O12. The fraction of sp³-hybridized carbons (Fsp3) is 0.443. The number of hydrogen-bond donors (Lipinski definition) is 17. The van der Waals surface area contributed by atoms with Crippen molar-refractivity contribution in [3.05, 3.63) is 108 Å². The number of hydrogen-bond acceptors (Lipinski definition) is 15. The first-order valence-electron chi connectivity index (χ1n) is 30.6. The molecule has 8 rings (SSSR count). The van der Waals surface area contributed by atoms with Gasteiger partial charge in [-0.15, -0.1) is 0 Å². The second kappa shape index (κ2) is 32.4. The molecule has 20 N–H and O–H groups in total. The van der Waals surface area contributed by atoms with Crippen molar-refractivity contribution >= 4 is 92.7 Å². The summed E-state index contributed by atoms with van der Waals surface area (Å²) in [5, 5.41) is 36.2. The molecule has 496 valence electrons. The molecule has 4 aromatic heterocycles. The van der Waals surface area contributed by atoms with Crippen molar-refractivity contribution in [3.8, 4) is 0 Å². The van der Waals surface area contributed by atoms with Crippen LogP contribution in [0.2, 0.25) is 0 Å². The van der Waals surface area contributed by atoms with Gasteiger partial charge in [-0.25, -0.2) is 9.97 Å². The van der Waals surface area contributed by atoms with Gasteiger partial charge in [0.2, 0.25) is 65.0 Å². The molecule has 0 bridgehead atoms. The van der Waals surface area contributed by atoms with Gasteiger partial charge in [-0.2, -0.15) is 0 Å². The van der Waals surface area contributed by atoms with Crippen molar-refractivity contribution in [1.82, 2.24) is 82.7 Å². The van der Waals surface area contributed by atoms with E-state index < -0.39 is 127 Å². The predicted molar refractivity (Wildman–Crippen MR) is 337 cm³/mol. The van der Waals surface area contributed by atoms with E-state index >= 15 is 4.79 Å². The van der Waals surface area contributed by atoms with Crippen molar-refractivity contribution in [1.29, 1.82) is 0 Å².